The Morgan fingerprint density at radius 3 is 2.71 bits per heavy atom. The van der Waals surface area contributed by atoms with Gasteiger partial charge in [-0.3, -0.25) is 9.59 Å². The third-order valence-corrected chi connectivity index (χ3v) is 5.86. The van der Waals surface area contributed by atoms with Gasteiger partial charge < -0.3 is 10.2 Å². The molecule has 0 bridgehead atoms. The van der Waals surface area contributed by atoms with Crippen LogP contribution >= 0.6 is 11.8 Å². The summed E-state index contributed by atoms with van der Waals surface area (Å²) in [6.07, 6.45) is 0.796. The first-order chi connectivity index (χ1) is 11.8. The molecule has 2 heterocycles. The first-order valence-corrected chi connectivity index (χ1v) is 9.15. The topological polar surface area (TPSA) is 49.4 Å². The largest absolute Gasteiger partial charge is 0.354 e. The quantitative estimate of drug-likeness (QED) is 0.932. The van der Waals surface area contributed by atoms with Crippen molar-refractivity contribution in [2.24, 2.45) is 0 Å². The summed E-state index contributed by atoms with van der Waals surface area (Å²) in [5.74, 6) is 0.577. The van der Waals surface area contributed by atoms with E-state index in [1.54, 1.807) is 16.7 Å². The van der Waals surface area contributed by atoms with E-state index in [-0.39, 0.29) is 23.2 Å². The smallest absolute Gasteiger partial charge is 0.256 e. The van der Waals surface area contributed by atoms with Crippen molar-refractivity contribution < 1.29 is 9.59 Å². The van der Waals surface area contributed by atoms with Crippen LogP contribution in [0.1, 0.15) is 26.9 Å². The van der Waals surface area contributed by atoms with Gasteiger partial charge in [0.1, 0.15) is 11.4 Å². The van der Waals surface area contributed by atoms with Crippen LogP contribution in [0.2, 0.25) is 0 Å². The minimum atomic E-state index is -0.379. The number of nitrogens with one attached hydrogen (secondary N) is 1. The molecule has 122 valence electrons. The molecule has 0 aromatic heterocycles. The zero-order chi connectivity index (χ0) is 16.5. The number of hydrogen-bond acceptors (Lipinski definition) is 3. The van der Waals surface area contributed by atoms with E-state index >= 15 is 0 Å². The van der Waals surface area contributed by atoms with Gasteiger partial charge in [0.25, 0.3) is 5.91 Å². The Morgan fingerprint density at radius 2 is 1.88 bits per heavy atom. The molecule has 0 saturated carbocycles. The average molecular weight is 338 g/mol. The van der Waals surface area contributed by atoms with E-state index in [4.69, 9.17) is 0 Å². The van der Waals surface area contributed by atoms with Gasteiger partial charge in [0.05, 0.1) is 0 Å². The second-order valence-corrected chi connectivity index (χ2v) is 7.14. The fraction of sp³-hybridized carbons (Fsp3) is 0.263. The summed E-state index contributed by atoms with van der Waals surface area (Å²) in [5, 5.41) is 2.97. The van der Waals surface area contributed by atoms with E-state index in [1.165, 1.54) is 5.56 Å². The number of carbonyl (C=O) groups excluding carboxylic acids is 2. The molecule has 24 heavy (non-hydrogen) atoms. The molecule has 0 radical (unpaired) electrons. The van der Waals surface area contributed by atoms with Crippen molar-refractivity contribution in [2.75, 3.05) is 12.3 Å². The maximum absolute atomic E-state index is 12.6. The van der Waals surface area contributed by atoms with E-state index in [2.05, 4.69) is 5.32 Å². The summed E-state index contributed by atoms with van der Waals surface area (Å²) >= 11 is 1.67. The van der Waals surface area contributed by atoms with Gasteiger partial charge in [0, 0.05) is 17.9 Å². The van der Waals surface area contributed by atoms with E-state index in [0.29, 0.717) is 12.3 Å². The van der Waals surface area contributed by atoms with Crippen LogP contribution in [0.15, 0.2) is 54.6 Å². The lowest BCUT2D eigenvalue weighted by molar-refractivity contribution is -0.124. The van der Waals surface area contributed by atoms with Gasteiger partial charge in [-0.2, -0.15) is 0 Å². The third kappa shape index (κ3) is 2.59. The summed E-state index contributed by atoms with van der Waals surface area (Å²) in [4.78, 5) is 26.9. The van der Waals surface area contributed by atoms with Crippen LogP contribution < -0.4 is 5.32 Å². The van der Waals surface area contributed by atoms with Crippen molar-refractivity contribution in [3.63, 3.8) is 0 Å². The van der Waals surface area contributed by atoms with Gasteiger partial charge in [-0.05, 0) is 23.6 Å². The molecule has 1 saturated heterocycles. The molecule has 4 nitrogen and oxygen atoms in total. The zero-order valence-electron chi connectivity index (χ0n) is 13.1. The maximum atomic E-state index is 12.6. The predicted octanol–water partition coefficient (Wildman–Crippen LogP) is 2.62. The van der Waals surface area contributed by atoms with E-state index in [1.807, 2.05) is 54.6 Å². The van der Waals surface area contributed by atoms with Crippen LogP contribution in [0.25, 0.3) is 0 Å². The fourth-order valence-corrected chi connectivity index (χ4v) is 4.80. The van der Waals surface area contributed by atoms with Crippen LogP contribution in [0, 0.1) is 0 Å². The Morgan fingerprint density at radius 1 is 1.12 bits per heavy atom. The third-order valence-electron chi connectivity index (χ3n) is 4.55. The Balaban J connectivity index is 1.41. The van der Waals surface area contributed by atoms with Gasteiger partial charge in [0.15, 0.2) is 0 Å². The van der Waals surface area contributed by atoms with Gasteiger partial charge in [-0.1, -0.05) is 48.5 Å². The number of carbonyl (C=O) groups is 2. The molecule has 5 heteroatoms. The lowest BCUT2D eigenvalue weighted by atomic mass is 10.1. The summed E-state index contributed by atoms with van der Waals surface area (Å²) < 4.78 is 0. The van der Waals surface area contributed by atoms with Gasteiger partial charge >= 0.3 is 0 Å². The minimum absolute atomic E-state index is 0.0152. The van der Waals surface area contributed by atoms with Crippen molar-refractivity contribution in [1.82, 2.24) is 10.2 Å². The average Bonchev–Trinajstić information content (AvgIpc) is 3.17. The predicted molar refractivity (Wildman–Crippen MR) is 94.8 cm³/mol. The van der Waals surface area contributed by atoms with Gasteiger partial charge in [-0.15, -0.1) is 11.8 Å². The van der Waals surface area contributed by atoms with Crippen molar-refractivity contribution in [2.45, 2.75) is 17.8 Å². The first-order valence-electron chi connectivity index (χ1n) is 8.10. The number of nitrogens with zero attached hydrogens (tertiary/aromatic N) is 1. The minimum Gasteiger partial charge on any atom is -0.354 e. The number of hydrogen-bond donors (Lipinski definition) is 1. The summed E-state index contributed by atoms with van der Waals surface area (Å²) in [6, 6.07) is 17.3. The highest BCUT2D eigenvalue weighted by atomic mass is 32.2. The number of benzene rings is 2. The molecule has 2 aromatic carbocycles. The molecule has 0 spiro atoms. The SMILES string of the molecule is O=C(NCCc1ccccc1)[C@@H]1CS[C@@H]2c3ccccc3C(=O)N21. The molecule has 2 aromatic rings. The van der Waals surface area contributed by atoms with Crippen LogP contribution in [0.5, 0.6) is 0 Å². The molecule has 4 rings (SSSR count). The molecular weight excluding hydrogens is 320 g/mol. The fourth-order valence-electron chi connectivity index (χ4n) is 3.33. The molecule has 1 fully saturated rings. The molecule has 2 aliphatic rings. The Labute approximate surface area is 145 Å². The van der Waals surface area contributed by atoms with Crippen LogP contribution in [-0.2, 0) is 11.2 Å². The monoisotopic (exact) mass is 338 g/mol. The number of fused-ring (bicyclic) bond motifs is 3. The molecule has 0 aliphatic carbocycles. The number of thioether (sulfide) groups is 1. The highest BCUT2D eigenvalue weighted by Gasteiger charge is 2.48. The highest BCUT2D eigenvalue weighted by molar-refractivity contribution is 7.99. The summed E-state index contributed by atoms with van der Waals surface area (Å²) in [6.45, 7) is 0.587. The van der Waals surface area contributed by atoms with E-state index < -0.39 is 0 Å². The normalized spacial score (nSPS) is 21.5. The highest BCUT2D eigenvalue weighted by Crippen LogP contribution is 2.47. The maximum Gasteiger partial charge on any atom is 0.256 e. The van der Waals surface area contributed by atoms with Crippen LogP contribution in [-0.4, -0.2) is 35.1 Å². The summed E-state index contributed by atoms with van der Waals surface area (Å²) in [5.41, 5.74) is 2.96. The molecule has 2 atom stereocenters. The molecule has 2 aliphatic heterocycles. The first kappa shape index (κ1) is 15.3. The lowest BCUT2D eigenvalue weighted by Gasteiger charge is -2.22. The van der Waals surface area contributed by atoms with E-state index in [0.717, 1.165) is 17.5 Å². The van der Waals surface area contributed by atoms with E-state index in [9.17, 15) is 9.59 Å². The second-order valence-electron chi connectivity index (χ2n) is 6.03. The van der Waals surface area contributed by atoms with Crippen molar-refractivity contribution >= 4 is 23.6 Å². The van der Waals surface area contributed by atoms with Crippen molar-refractivity contribution in [1.29, 1.82) is 0 Å². The van der Waals surface area contributed by atoms with Crippen molar-refractivity contribution in [3.8, 4) is 0 Å². The van der Waals surface area contributed by atoms with Crippen LogP contribution in [0.4, 0.5) is 0 Å². The van der Waals surface area contributed by atoms with Gasteiger partial charge in [-0.25, -0.2) is 0 Å². The Hall–Kier alpha value is -2.27. The second kappa shape index (κ2) is 6.32. The standard InChI is InChI=1S/C19H18N2O2S/c22-17(20-11-10-13-6-2-1-3-7-13)16-12-24-19-15-9-5-4-8-14(15)18(23)21(16)19/h1-9,16,19H,10-12H2,(H,20,22)/t16-,19+/m0/s1. The molecule has 1 N–H and O–H groups in total. The number of amides is 2. The Kier molecular flexibility index (Phi) is 4.02. The lowest BCUT2D eigenvalue weighted by Crippen LogP contribution is -2.46. The molecule has 0 unspecified atom stereocenters. The number of rotatable bonds is 4. The van der Waals surface area contributed by atoms with Crippen molar-refractivity contribution in [3.05, 3.63) is 71.3 Å². The molecule has 2 amide bonds. The Bertz CT molecular complexity index is 778. The zero-order valence-corrected chi connectivity index (χ0v) is 14.0. The summed E-state index contributed by atoms with van der Waals surface area (Å²) in [7, 11) is 0. The van der Waals surface area contributed by atoms with Crippen LogP contribution in [0.3, 0.4) is 0 Å². The molecular formula is C19H18N2O2S. The van der Waals surface area contributed by atoms with Gasteiger partial charge in [0.2, 0.25) is 5.91 Å².